The van der Waals surface area contributed by atoms with Gasteiger partial charge in [-0.2, -0.15) is 5.26 Å². The van der Waals surface area contributed by atoms with Crippen molar-refractivity contribution in [3.63, 3.8) is 0 Å². The Bertz CT molecular complexity index is 945. The fourth-order valence-electron chi connectivity index (χ4n) is 2.44. The summed E-state index contributed by atoms with van der Waals surface area (Å²) in [7, 11) is -3.51. The van der Waals surface area contributed by atoms with Crippen molar-refractivity contribution in [1.82, 2.24) is 5.32 Å². The summed E-state index contributed by atoms with van der Waals surface area (Å²) < 4.78 is 25.3. The molecule has 6 nitrogen and oxygen atoms in total. The number of hydrogen-bond acceptors (Lipinski definition) is 4. The molecule has 0 spiro atoms. The average Bonchev–Trinajstić information content (AvgIpc) is 2.60. The second-order valence-corrected chi connectivity index (χ2v) is 7.96. The zero-order chi connectivity index (χ0) is 19.3. The number of rotatable bonds is 6. The lowest BCUT2D eigenvalue weighted by Gasteiger charge is -2.22. The number of hydrogen-bond donors (Lipinski definition) is 1. The van der Waals surface area contributed by atoms with Crippen LogP contribution in [0.2, 0.25) is 0 Å². The van der Waals surface area contributed by atoms with Crippen molar-refractivity contribution >= 4 is 21.6 Å². The Hall–Kier alpha value is -2.85. The molecule has 2 aromatic rings. The minimum atomic E-state index is -3.51. The van der Waals surface area contributed by atoms with Crippen LogP contribution in [0.5, 0.6) is 0 Å². The Balaban J connectivity index is 2.06. The largest absolute Gasteiger partial charge is 0.350 e. The van der Waals surface area contributed by atoms with Gasteiger partial charge in [-0.05, 0) is 61.4 Å². The smallest absolute Gasteiger partial charge is 0.251 e. The molecular weight excluding hydrogens is 350 g/mol. The molecule has 7 heteroatoms. The maximum absolute atomic E-state index is 12.2. The van der Waals surface area contributed by atoms with E-state index in [0.29, 0.717) is 16.8 Å². The second-order valence-electron chi connectivity index (χ2n) is 6.05. The monoisotopic (exact) mass is 371 g/mol. The first kappa shape index (κ1) is 19.5. The summed E-state index contributed by atoms with van der Waals surface area (Å²) in [6.07, 6.45) is 1.11. The van der Waals surface area contributed by atoms with E-state index < -0.39 is 10.0 Å². The summed E-state index contributed by atoms with van der Waals surface area (Å²) in [5, 5.41) is 11.6. The van der Waals surface area contributed by atoms with Crippen LogP contribution in [0, 0.1) is 25.2 Å². The Morgan fingerprint density at radius 3 is 2.31 bits per heavy atom. The summed E-state index contributed by atoms with van der Waals surface area (Å²) in [5.74, 6) is -0.249. The first-order valence-electron chi connectivity index (χ1n) is 8.05. The molecule has 1 amide bonds. The number of carbonyl (C=O) groups is 1. The molecule has 0 heterocycles. The molecule has 2 rings (SSSR count). The van der Waals surface area contributed by atoms with Crippen LogP contribution in [0.3, 0.4) is 0 Å². The highest BCUT2D eigenvalue weighted by molar-refractivity contribution is 7.92. The minimum Gasteiger partial charge on any atom is -0.350 e. The van der Waals surface area contributed by atoms with Gasteiger partial charge in [0.1, 0.15) is 0 Å². The molecule has 0 aliphatic heterocycles. The van der Waals surface area contributed by atoms with E-state index in [9.17, 15) is 13.2 Å². The molecule has 0 aromatic heterocycles. The number of nitrogens with one attached hydrogen (secondary N) is 1. The van der Waals surface area contributed by atoms with Gasteiger partial charge in [0.05, 0.1) is 30.1 Å². The van der Waals surface area contributed by atoms with E-state index >= 15 is 0 Å². The quantitative estimate of drug-likeness (QED) is 0.844. The van der Waals surface area contributed by atoms with Crippen molar-refractivity contribution in [1.29, 1.82) is 5.26 Å². The minimum absolute atomic E-state index is 0.0985. The summed E-state index contributed by atoms with van der Waals surface area (Å²) >= 11 is 0. The van der Waals surface area contributed by atoms with E-state index in [0.717, 1.165) is 17.4 Å². The molecule has 1 N–H and O–H groups in total. The van der Waals surface area contributed by atoms with Gasteiger partial charge in [-0.25, -0.2) is 8.42 Å². The molecule has 0 atom stereocenters. The number of aryl methyl sites for hydroxylation is 2. The standard InChI is InChI=1S/C19H21N3O3S/c1-14-4-7-17(12-15(14)2)19(23)21-10-11-22(26(3,24)25)18-8-5-16(13-20)6-9-18/h4-9,12H,10-11H2,1-3H3,(H,21,23). The molecule has 26 heavy (non-hydrogen) atoms. The third-order valence-corrected chi connectivity index (χ3v) is 5.25. The zero-order valence-corrected chi connectivity index (χ0v) is 15.8. The van der Waals surface area contributed by atoms with Crippen LogP contribution in [0.25, 0.3) is 0 Å². The van der Waals surface area contributed by atoms with Crippen LogP contribution in [-0.4, -0.2) is 33.7 Å². The molecule has 136 valence electrons. The van der Waals surface area contributed by atoms with Crippen LogP contribution in [-0.2, 0) is 10.0 Å². The summed E-state index contributed by atoms with van der Waals surface area (Å²) in [6.45, 7) is 4.17. The van der Waals surface area contributed by atoms with Gasteiger partial charge in [0, 0.05) is 12.1 Å². The van der Waals surface area contributed by atoms with Crippen LogP contribution >= 0.6 is 0 Å². The SMILES string of the molecule is Cc1ccc(C(=O)NCCN(c2ccc(C#N)cc2)S(C)(=O)=O)cc1C. The summed E-state index contributed by atoms with van der Waals surface area (Å²) in [4.78, 5) is 12.2. The van der Waals surface area contributed by atoms with E-state index in [-0.39, 0.29) is 19.0 Å². The van der Waals surface area contributed by atoms with Crippen molar-refractivity contribution in [3.05, 3.63) is 64.7 Å². The molecule has 0 bridgehead atoms. The highest BCUT2D eigenvalue weighted by Crippen LogP contribution is 2.17. The van der Waals surface area contributed by atoms with Gasteiger partial charge >= 0.3 is 0 Å². The number of amides is 1. The lowest BCUT2D eigenvalue weighted by Crippen LogP contribution is -2.38. The van der Waals surface area contributed by atoms with E-state index in [4.69, 9.17) is 5.26 Å². The fourth-order valence-corrected chi connectivity index (χ4v) is 3.37. The van der Waals surface area contributed by atoms with Crippen LogP contribution in [0.4, 0.5) is 5.69 Å². The Kier molecular flexibility index (Phi) is 6.01. The van der Waals surface area contributed by atoms with E-state index in [1.54, 1.807) is 36.4 Å². The maximum atomic E-state index is 12.2. The normalized spacial score (nSPS) is 10.8. The zero-order valence-electron chi connectivity index (χ0n) is 15.0. The van der Waals surface area contributed by atoms with Crippen LogP contribution < -0.4 is 9.62 Å². The molecule has 0 saturated heterocycles. The second kappa shape index (κ2) is 8.02. The number of benzene rings is 2. The maximum Gasteiger partial charge on any atom is 0.251 e. The lowest BCUT2D eigenvalue weighted by molar-refractivity contribution is 0.0954. The number of sulfonamides is 1. The molecular formula is C19H21N3O3S. The van der Waals surface area contributed by atoms with Crippen molar-refractivity contribution < 1.29 is 13.2 Å². The number of carbonyl (C=O) groups excluding carboxylic acids is 1. The van der Waals surface area contributed by atoms with Gasteiger partial charge in [-0.1, -0.05) is 6.07 Å². The molecule has 0 radical (unpaired) electrons. The van der Waals surface area contributed by atoms with Crippen molar-refractivity contribution in [2.45, 2.75) is 13.8 Å². The van der Waals surface area contributed by atoms with Gasteiger partial charge in [0.15, 0.2) is 0 Å². The lowest BCUT2D eigenvalue weighted by atomic mass is 10.1. The first-order valence-corrected chi connectivity index (χ1v) is 9.90. The highest BCUT2D eigenvalue weighted by Gasteiger charge is 2.17. The predicted octanol–water partition coefficient (Wildman–Crippen LogP) is 2.37. The van der Waals surface area contributed by atoms with Gasteiger partial charge < -0.3 is 5.32 Å². The molecule has 0 saturated carbocycles. The summed E-state index contributed by atoms with van der Waals surface area (Å²) in [5.41, 5.74) is 3.56. The van der Waals surface area contributed by atoms with Gasteiger partial charge in [-0.3, -0.25) is 9.10 Å². The third-order valence-electron chi connectivity index (χ3n) is 4.05. The number of nitrogens with zero attached hydrogens (tertiary/aromatic N) is 2. The van der Waals surface area contributed by atoms with Crippen molar-refractivity contribution in [2.75, 3.05) is 23.7 Å². The third kappa shape index (κ3) is 4.83. The van der Waals surface area contributed by atoms with Crippen LogP contribution in [0.15, 0.2) is 42.5 Å². The van der Waals surface area contributed by atoms with E-state index in [1.807, 2.05) is 26.0 Å². The predicted molar refractivity (Wildman–Crippen MR) is 102 cm³/mol. The van der Waals surface area contributed by atoms with Crippen molar-refractivity contribution in [2.24, 2.45) is 0 Å². The topological polar surface area (TPSA) is 90.3 Å². The summed E-state index contributed by atoms with van der Waals surface area (Å²) in [6, 6.07) is 13.7. The Morgan fingerprint density at radius 1 is 1.12 bits per heavy atom. The average molecular weight is 371 g/mol. The molecule has 2 aromatic carbocycles. The van der Waals surface area contributed by atoms with Crippen LogP contribution in [0.1, 0.15) is 27.0 Å². The number of nitriles is 1. The Morgan fingerprint density at radius 2 is 1.77 bits per heavy atom. The van der Waals surface area contributed by atoms with Gasteiger partial charge in [0.2, 0.25) is 10.0 Å². The fraction of sp³-hybridized carbons (Fsp3) is 0.263. The van der Waals surface area contributed by atoms with Gasteiger partial charge in [0.25, 0.3) is 5.91 Å². The molecule has 0 aliphatic carbocycles. The first-order chi connectivity index (χ1) is 12.2. The van der Waals surface area contributed by atoms with Gasteiger partial charge in [-0.15, -0.1) is 0 Å². The van der Waals surface area contributed by atoms with Crippen molar-refractivity contribution in [3.8, 4) is 6.07 Å². The van der Waals surface area contributed by atoms with E-state index in [2.05, 4.69) is 5.32 Å². The Labute approximate surface area is 154 Å². The molecule has 0 aliphatic rings. The molecule has 0 unspecified atom stereocenters. The molecule has 0 fully saturated rings. The number of anilines is 1. The van der Waals surface area contributed by atoms with E-state index in [1.165, 1.54) is 4.31 Å². The highest BCUT2D eigenvalue weighted by atomic mass is 32.2.